The molecular weight excluding hydrogens is 364 g/mol. The molecule has 0 bridgehead atoms. The number of piperazine rings is 1. The van der Waals surface area contributed by atoms with Gasteiger partial charge in [-0.25, -0.2) is 0 Å². The standard InChI is InChI=1S/C23H28N4O2/c1-3-18(15-23(28)29-2)19-6-9-22(27-12-10-25-11-13-27)21(14-19)26-20-7-4-17(16-24)5-8-20/h4-9,14,18,25-26H,3,10-13,15H2,1-2H3. The van der Waals surface area contributed by atoms with Gasteiger partial charge in [-0.1, -0.05) is 13.0 Å². The Hall–Kier alpha value is -3.04. The third-order valence-electron chi connectivity index (χ3n) is 5.38. The van der Waals surface area contributed by atoms with Crippen LogP contribution in [0.2, 0.25) is 0 Å². The summed E-state index contributed by atoms with van der Waals surface area (Å²) in [6.07, 6.45) is 1.23. The van der Waals surface area contributed by atoms with Gasteiger partial charge in [0.05, 0.1) is 36.5 Å². The maximum atomic E-state index is 11.8. The van der Waals surface area contributed by atoms with E-state index < -0.39 is 0 Å². The molecular formula is C23H28N4O2. The maximum absolute atomic E-state index is 11.8. The first-order valence-corrected chi connectivity index (χ1v) is 10.1. The molecule has 2 aromatic carbocycles. The van der Waals surface area contributed by atoms with Gasteiger partial charge in [-0.3, -0.25) is 4.79 Å². The molecule has 0 amide bonds. The molecule has 2 N–H and O–H groups in total. The van der Waals surface area contributed by atoms with Crippen molar-refractivity contribution in [2.24, 2.45) is 0 Å². The van der Waals surface area contributed by atoms with Crippen molar-refractivity contribution in [3.63, 3.8) is 0 Å². The highest BCUT2D eigenvalue weighted by molar-refractivity contribution is 5.77. The Bertz CT molecular complexity index is 867. The normalized spacial score (nSPS) is 14.7. The summed E-state index contributed by atoms with van der Waals surface area (Å²) < 4.78 is 4.87. The lowest BCUT2D eigenvalue weighted by molar-refractivity contribution is -0.141. The number of carbonyl (C=O) groups is 1. The molecule has 1 fully saturated rings. The molecule has 1 unspecified atom stereocenters. The number of anilines is 3. The summed E-state index contributed by atoms with van der Waals surface area (Å²) in [5, 5.41) is 15.9. The van der Waals surface area contributed by atoms with E-state index in [-0.39, 0.29) is 11.9 Å². The van der Waals surface area contributed by atoms with E-state index in [1.807, 2.05) is 24.3 Å². The highest BCUT2D eigenvalue weighted by Crippen LogP contribution is 2.34. The van der Waals surface area contributed by atoms with Gasteiger partial charge in [0.25, 0.3) is 0 Å². The Morgan fingerprint density at radius 2 is 1.97 bits per heavy atom. The molecule has 0 aromatic heterocycles. The number of ether oxygens (including phenoxy) is 1. The predicted octanol–water partition coefficient (Wildman–Crippen LogP) is 3.77. The number of benzene rings is 2. The van der Waals surface area contributed by atoms with Crippen molar-refractivity contribution in [2.75, 3.05) is 43.5 Å². The summed E-state index contributed by atoms with van der Waals surface area (Å²) in [5.41, 5.74) is 4.84. The first-order chi connectivity index (χ1) is 14.1. The number of rotatable bonds is 7. The minimum Gasteiger partial charge on any atom is -0.469 e. The van der Waals surface area contributed by atoms with Gasteiger partial charge < -0.3 is 20.3 Å². The van der Waals surface area contributed by atoms with Crippen molar-refractivity contribution < 1.29 is 9.53 Å². The summed E-state index contributed by atoms with van der Waals surface area (Å²) in [4.78, 5) is 14.2. The molecule has 152 valence electrons. The molecule has 0 saturated carbocycles. The van der Waals surface area contributed by atoms with Crippen LogP contribution in [-0.2, 0) is 9.53 Å². The molecule has 3 rings (SSSR count). The lowest BCUT2D eigenvalue weighted by atomic mass is 9.92. The highest BCUT2D eigenvalue weighted by Gasteiger charge is 2.19. The zero-order chi connectivity index (χ0) is 20.6. The minimum atomic E-state index is -0.190. The van der Waals surface area contributed by atoms with E-state index in [2.05, 4.69) is 46.7 Å². The number of nitriles is 1. The van der Waals surface area contributed by atoms with E-state index in [0.717, 1.165) is 55.2 Å². The lowest BCUT2D eigenvalue weighted by Gasteiger charge is -2.32. The van der Waals surface area contributed by atoms with E-state index in [4.69, 9.17) is 10.00 Å². The van der Waals surface area contributed by atoms with Crippen molar-refractivity contribution in [2.45, 2.75) is 25.7 Å². The second kappa shape index (κ2) is 9.94. The van der Waals surface area contributed by atoms with E-state index in [1.54, 1.807) is 0 Å². The number of nitrogens with zero attached hydrogens (tertiary/aromatic N) is 2. The molecule has 0 spiro atoms. The molecule has 1 saturated heterocycles. The van der Waals surface area contributed by atoms with Crippen molar-refractivity contribution in [1.29, 1.82) is 5.26 Å². The average molecular weight is 393 g/mol. The number of methoxy groups -OCH3 is 1. The second-order valence-electron chi connectivity index (χ2n) is 7.21. The number of carbonyl (C=O) groups excluding carboxylic acids is 1. The van der Waals surface area contributed by atoms with Gasteiger partial charge in [-0.2, -0.15) is 5.26 Å². The van der Waals surface area contributed by atoms with Crippen LogP contribution in [0.5, 0.6) is 0 Å². The fourth-order valence-electron chi connectivity index (χ4n) is 3.66. The van der Waals surface area contributed by atoms with Gasteiger partial charge in [0, 0.05) is 31.9 Å². The predicted molar refractivity (Wildman–Crippen MR) is 116 cm³/mol. The number of esters is 1. The molecule has 1 aliphatic rings. The SMILES string of the molecule is CCC(CC(=O)OC)c1ccc(N2CCNCC2)c(Nc2ccc(C#N)cc2)c1. The zero-order valence-electron chi connectivity index (χ0n) is 17.1. The van der Waals surface area contributed by atoms with Gasteiger partial charge in [0.1, 0.15) is 0 Å². The van der Waals surface area contributed by atoms with Gasteiger partial charge in [0.2, 0.25) is 0 Å². The molecule has 1 atom stereocenters. The summed E-state index contributed by atoms with van der Waals surface area (Å²) in [5.74, 6) is -0.0781. The molecule has 29 heavy (non-hydrogen) atoms. The Morgan fingerprint density at radius 3 is 2.59 bits per heavy atom. The topological polar surface area (TPSA) is 77.4 Å². The van der Waals surface area contributed by atoms with Gasteiger partial charge in [0.15, 0.2) is 0 Å². The monoisotopic (exact) mass is 392 g/mol. The number of hydrogen-bond donors (Lipinski definition) is 2. The van der Waals surface area contributed by atoms with Crippen LogP contribution in [0.4, 0.5) is 17.1 Å². The van der Waals surface area contributed by atoms with Crippen molar-refractivity contribution in [3.8, 4) is 6.07 Å². The Morgan fingerprint density at radius 1 is 1.24 bits per heavy atom. The fourth-order valence-corrected chi connectivity index (χ4v) is 3.66. The van der Waals surface area contributed by atoms with Crippen LogP contribution in [0.1, 0.15) is 36.8 Å². The highest BCUT2D eigenvalue weighted by atomic mass is 16.5. The fraction of sp³-hybridized carbons (Fsp3) is 0.391. The van der Waals surface area contributed by atoms with E-state index in [1.165, 1.54) is 7.11 Å². The summed E-state index contributed by atoms with van der Waals surface area (Å²) in [6, 6.07) is 16.0. The van der Waals surface area contributed by atoms with Gasteiger partial charge in [-0.05, 0) is 54.3 Å². The van der Waals surface area contributed by atoms with Crippen LogP contribution < -0.4 is 15.5 Å². The Labute approximate surface area is 172 Å². The van der Waals surface area contributed by atoms with Gasteiger partial charge >= 0.3 is 5.97 Å². The smallest absolute Gasteiger partial charge is 0.306 e. The quantitative estimate of drug-likeness (QED) is 0.699. The Kier molecular flexibility index (Phi) is 7.09. The first-order valence-electron chi connectivity index (χ1n) is 10.1. The summed E-state index contributed by atoms with van der Waals surface area (Å²) >= 11 is 0. The van der Waals surface area contributed by atoms with Crippen LogP contribution in [0.3, 0.4) is 0 Å². The molecule has 6 nitrogen and oxygen atoms in total. The van der Waals surface area contributed by atoms with Crippen LogP contribution in [0, 0.1) is 11.3 Å². The second-order valence-corrected chi connectivity index (χ2v) is 7.21. The number of nitrogens with one attached hydrogen (secondary N) is 2. The van der Waals surface area contributed by atoms with Crippen LogP contribution in [0.25, 0.3) is 0 Å². The molecule has 1 aliphatic heterocycles. The average Bonchev–Trinajstić information content (AvgIpc) is 2.78. The van der Waals surface area contributed by atoms with Crippen LogP contribution >= 0.6 is 0 Å². The third-order valence-corrected chi connectivity index (χ3v) is 5.38. The largest absolute Gasteiger partial charge is 0.469 e. The first kappa shape index (κ1) is 20.7. The minimum absolute atomic E-state index is 0.112. The zero-order valence-corrected chi connectivity index (χ0v) is 17.1. The summed E-state index contributed by atoms with van der Waals surface area (Å²) in [7, 11) is 1.43. The lowest BCUT2D eigenvalue weighted by Crippen LogP contribution is -2.43. The molecule has 0 aliphatic carbocycles. The van der Waals surface area contributed by atoms with Crippen LogP contribution in [0.15, 0.2) is 42.5 Å². The Balaban J connectivity index is 1.93. The number of hydrogen-bond acceptors (Lipinski definition) is 6. The third kappa shape index (κ3) is 5.27. The summed E-state index contributed by atoms with van der Waals surface area (Å²) in [6.45, 7) is 5.89. The van der Waals surface area contributed by atoms with Crippen molar-refractivity contribution in [1.82, 2.24) is 5.32 Å². The molecule has 0 radical (unpaired) electrons. The molecule has 6 heteroatoms. The van der Waals surface area contributed by atoms with E-state index >= 15 is 0 Å². The maximum Gasteiger partial charge on any atom is 0.306 e. The van der Waals surface area contributed by atoms with Crippen LogP contribution in [-0.4, -0.2) is 39.3 Å². The molecule has 2 aromatic rings. The van der Waals surface area contributed by atoms with E-state index in [0.29, 0.717) is 12.0 Å². The van der Waals surface area contributed by atoms with Crippen molar-refractivity contribution >= 4 is 23.0 Å². The van der Waals surface area contributed by atoms with Crippen molar-refractivity contribution in [3.05, 3.63) is 53.6 Å². The van der Waals surface area contributed by atoms with Gasteiger partial charge in [-0.15, -0.1) is 0 Å². The molecule has 1 heterocycles. The van der Waals surface area contributed by atoms with E-state index in [9.17, 15) is 4.79 Å².